The van der Waals surface area contributed by atoms with Crippen LogP contribution < -0.4 is 10.9 Å². The summed E-state index contributed by atoms with van der Waals surface area (Å²) >= 11 is 0. The van der Waals surface area contributed by atoms with Gasteiger partial charge in [0.05, 0.1) is 17.2 Å². The van der Waals surface area contributed by atoms with E-state index in [1.165, 1.54) is 0 Å². The van der Waals surface area contributed by atoms with Gasteiger partial charge < -0.3 is 10.4 Å². The normalized spacial score (nSPS) is 19.7. The zero-order valence-electron chi connectivity index (χ0n) is 15.3. The molecular weight excluding hydrogens is 346 g/mol. The van der Waals surface area contributed by atoms with E-state index >= 15 is 0 Å². The van der Waals surface area contributed by atoms with Crippen LogP contribution in [0.25, 0.3) is 10.9 Å². The van der Waals surface area contributed by atoms with Crippen molar-refractivity contribution < 1.29 is 14.7 Å². The van der Waals surface area contributed by atoms with Crippen molar-refractivity contribution in [1.29, 1.82) is 0 Å². The summed E-state index contributed by atoms with van der Waals surface area (Å²) in [6.07, 6.45) is 5.52. The third-order valence-electron chi connectivity index (χ3n) is 5.27. The standard InChI is InChI=1S/C20H25N3O4/c24-18(25)6-3-11-21-19(26)15-9-7-14(8-10-15)12-23-13-22-17-5-2-1-4-16(17)20(23)27/h1-2,4-5,13-15H,3,6-12H2,(H,21,26)(H,24,25). The van der Waals surface area contributed by atoms with Gasteiger partial charge in [-0.3, -0.25) is 19.0 Å². The number of carboxylic acids is 1. The number of nitrogens with one attached hydrogen (secondary N) is 1. The molecule has 7 heteroatoms. The van der Waals surface area contributed by atoms with Crippen molar-refractivity contribution >= 4 is 22.8 Å². The number of aromatic nitrogens is 2. The monoisotopic (exact) mass is 371 g/mol. The Morgan fingerprint density at radius 1 is 1.19 bits per heavy atom. The number of nitrogens with zero attached hydrogens (tertiary/aromatic N) is 2. The van der Waals surface area contributed by atoms with Gasteiger partial charge in [0.15, 0.2) is 0 Å². The molecule has 0 radical (unpaired) electrons. The number of fused-ring (bicyclic) bond motifs is 1. The van der Waals surface area contributed by atoms with Crippen molar-refractivity contribution in [2.24, 2.45) is 11.8 Å². The molecule has 2 aromatic rings. The summed E-state index contributed by atoms with van der Waals surface area (Å²) in [6.45, 7) is 1.03. The number of carbonyl (C=O) groups excluding carboxylic acids is 1. The quantitative estimate of drug-likeness (QED) is 0.727. The Kier molecular flexibility index (Phi) is 6.21. The molecule has 27 heavy (non-hydrogen) atoms. The molecule has 1 aromatic heterocycles. The van der Waals surface area contributed by atoms with Crippen molar-refractivity contribution in [1.82, 2.24) is 14.9 Å². The maximum absolute atomic E-state index is 12.6. The molecule has 2 N–H and O–H groups in total. The van der Waals surface area contributed by atoms with Crippen LogP contribution in [0.5, 0.6) is 0 Å². The number of aliphatic carboxylic acids is 1. The van der Waals surface area contributed by atoms with Crippen molar-refractivity contribution in [2.75, 3.05) is 6.54 Å². The third-order valence-corrected chi connectivity index (χ3v) is 5.27. The zero-order valence-corrected chi connectivity index (χ0v) is 15.3. The van der Waals surface area contributed by atoms with Crippen molar-refractivity contribution in [3.8, 4) is 0 Å². The smallest absolute Gasteiger partial charge is 0.303 e. The number of para-hydroxylation sites is 1. The van der Waals surface area contributed by atoms with Crippen LogP contribution in [-0.4, -0.2) is 33.1 Å². The number of rotatable bonds is 7. The molecule has 0 bridgehead atoms. The van der Waals surface area contributed by atoms with Gasteiger partial charge in [-0.15, -0.1) is 0 Å². The maximum Gasteiger partial charge on any atom is 0.303 e. The first-order chi connectivity index (χ1) is 13.0. The largest absolute Gasteiger partial charge is 0.481 e. The zero-order chi connectivity index (χ0) is 19.2. The van der Waals surface area contributed by atoms with E-state index in [0.29, 0.717) is 36.3 Å². The van der Waals surface area contributed by atoms with Crippen molar-refractivity contribution in [3.05, 3.63) is 40.9 Å². The van der Waals surface area contributed by atoms with Gasteiger partial charge in [0, 0.05) is 25.4 Å². The Hall–Kier alpha value is -2.70. The van der Waals surface area contributed by atoms with E-state index in [4.69, 9.17) is 5.11 Å². The fraction of sp³-hybridized carbons (Fsp3) is 0.500. The molecule has 0 aliphatic heterocycles. The van der Waals surface area contributed by atoms with E-state index in [9.17, 15) is 14.4 Å². The summed E-state index contributed by atoms with van der Waals surface area (Å²) in [5, 5.41) is 12.1. The minimum atomic E-state index is -0.844. The molecule has 1 amide bonds. The summed E-state index contributed by atoms with van der Waals surface area (Å²) in [5.74, 6) is -0.481. The molecule has 144 valence electrons. The Morgan fingerprint density at radius 3 is 2.67 bits per heavy atom. The molecule has 1 heterocycles. The fourth-order valence-electron chi connectivity index (χ4n) is 3.72. The lowest BCUT2D eigenvalue weighted by atomic mass is 9.81. The Morgan fingerprint density at radius 2 is 1.93 bits per heavy atom. The van der Waals surface area contributed by atoms with Gasteiger partial charge in [0.1, 0.15) is 0 Å². The van der Waals surface area contributed by atoms with Crippen molar-refractivity contribution in [3.63, 3.8) is 0 Å². The molecule has 1 saturated carbocycles. The Labute approximate surface area is 157 Å². The second-order valence-electron chi connectivity index (χ2n) is 7.23. The van der Waals surface area contributed by atoms with Crippen molar-refractivity contribution in [2.45, 2.75) is 45.1 Å². The minimum absolute atomic E-state index is 0.0149. The highest BCUT2D eigenvalue weighted by molar-refractivity contribution is 5.78. The van der Waals surface area contributed by atoms with Crippen LogP contribution in [0.15, 0.2) is 35.4 Å². The summed E-state index contributed by atoms with van der Waals surface area (Å²) in [6, 6.07) is 7.34. The van der Waals surface area contributed by atoms with Gasteiger partial charge in [0.25, 0.3) is 5.56 Å². The van der Waals surface area contributed by atoms with Gasteiger partial charge in [-0.25, -0.2) is 4.98 Å². The molecule has 0 unspecified atom stereocenters. The van der Waals surface area contributed by atoms with Crippen LogP contribution in [0.2, 0.25) is 0 Å². The average molecular weight is 371 g/mol. The molecule has 0 atom stereocenters. The van der Waals surface area contributed by atoms with Gasteiger partial charge in [-0.1, -0.05) is 12.1 Å². The molecule has 0 saturated heterocycles. The van der Waals surface area contributed by atoms with Crippen LogP contribution in [0, 0.1) is 11.8 Å². The second-order valence-corrected chi connectivity index (χ2v) is 7.23. The first kappa shape index (κ1) is 19.1. The molecule has 3 rings (SSSR count). The lowest BCUT2D eigenvalue weighted by molar-refractivity contribution is -0.137. The number of benzene rings is 1. The predicted molar refractivity (Wildman–Crippen MR) is 101 cm³/mol. The van der Waals surface area contributed by atoms with E-state index < -0.39 is 5.97 Å². The lowest BCUT2D eigenvalue weighted by Gasteiger charge is -2.28. The van der Waals surface area contributed by atoms with E-state index in [2.05, 4.69) is 10.3 Å². The molecule has 1 aliphatic carbocycles. The Bertz CT molecular complexity index is 869. The van der Waals surface area contributed by atoms with Gasteiger partial charge in [0.2, 0.25) is 5.91 Å². The van der Waals surface area contributed by atoms with Crippen LogP contribution >= 0.6 is 0 Å². The number of hydrogen-bond acceptors (Lipinski definition) is 4. The van der Waals surface area contributed by atoms with E-state index in [-0.39, 0.29) is 23.8 Å². The third kappa shape index (κ3) is 4.93. The first-order valence-electron chi connectivity index (χ1n) is 9.48. The summed E-state index contributed by atoms with van der Waals surface area (Å²) in [7, 11) is 0. The Balaban J connectivity index is 1.50. The van der Waals surface area contributed by atoms with Gasteiger partial charge >= 0.3 is 5.97 Å². The highest BCUT2D eigenvalue weighted by Crippen LogP contribution is 2.29. The summed E-state index contributed by atoms with van der Waals surface area (Å²) < 4.78 is 1.68. The summed E-state index contributed by atoms with van der Waals surface area (Å²) in [5.41, 5.74) is 0.695. The van der Waals surface area contributed by atoms with E-state index in [1.54, 1.807) is 17.0 Å². The van der Waals surface area contributed by atoms with E-state index in [0.717, 1.165) is 25.7 Å². The fourth-order valence-corrected chi connectivity index (χ4v) is 3.72. The number of carbonyl (C=O) groups is 2. The topological polar surface area (TPSA) is 101 Å². The maximum atomic E-state index is 12.6. The van der Waals surface area contributed by atoms with Crippen LogP contribution in [0.4, 0.5) is 0 Å². The number of hydrogen-bond donors (Lipinski definition) is 2. The predicted octanol–water partition coefficient (Wildman–Crippen LogP) is 2.18. The van der Waals surface area contributed by atoms with E-state index in [1.807, 2.05) is 18.2 Å². The van der Waals surface area contributed by atoms with Gasteiger partial charge in [-0.2, -0.15) is 0 Å². The second kappa shape index (κ2) is 8.79. The van der Waals surface area contributed by atoms with Crippen LogP contribution in [-0.2, 0) is 16.1 Å². The molecule has 1 fully saturated rings. The summed E-state index contributed by atoms with van der Waals surface area (Å²) in [4.78, 5) is 39.6. The molecule has 1 aromatic carbocycles. The molecular formula is C20H25N3O4. The number of amides is 1. The lowest BCUT2D eigenvalue weighted by Crippen LogP contribution is -2.35. The van der Waals surface area contributed by atoms with Crippen LogP contribution in [0.3, 0.4) is 0 Å². The minimum Gasteiger partial charge on any atom is -0.481 e. The van der Waals surface area contributed by atoms with Crippen LogP contribution in [0.1, 0.15) is 38.5 Å². The molecule has 7 nitrogen and oxygen atoms in total. The molecule has 1 aliphatic rings. The average Bonchev–Trinajstić information content (AvgIpc) is 2.68. The molecule has 0 spiro atoms. The highest BCUT2D eigenvalue weighted by atomic mass is 16.4. The van der Waals surface area contributed by atoms with Gasteiger partial charge in [-0.05, 0) is 50.2 Å². The highest BCUT2D eigenvalue weighted by Gasteiger charge is 2.26. The first-order valence-corrected chi connectivity index (χ1v) is 9.48. The SMILES string of the molecule is O=C(O)CCCNC(=O)C1CCC(Cn2cnc3ccccc3c2=O)CC1. The number of carboxylic acid groups (broad SMARTS) is 1.